The van der Waals surface area contributed by atoms with E-state index in [0.29, 0.717) is 37.5 Å². The minimum absolute atomic E-state index is 0.0749. The van der Waals surface area contributed by atoms with Crippen molar-refractivity contribution >= 4 is 22.4 Å². The van der Waals surface area contributed by atoms with E-state index in [1.165, 1.54) is 0 Å². The molecule has 6 heterocycles. The number of alkyl halides is 3. The number of hydrogen-bond donors (Lipinski definition) is 2. The second-order valence-corrected chi connectivity index (χ2v) is 13.6. The molecular weight excluding hydrogens is 621 g/mol. The molecule has 3 N–H and O–H groups in total. The molecule has 0 radical (unpaired) electrons. The first kappa shape index (κ1) is 32.0. The average Bonchev–Trinajstić information content (AvgIpc) is 3.39. The number of anilines is 2. The Morgan fingerprint density at radius 3 is 2.64 bits per heavy atom. The molecule has 9 nitrogen and oxygen atoms in total. The Hall–Kier alpha value is -3.52. The molecule has 14 heteroatoms. The van der Waals surface area contributed by atoms with Crippen LogP contribution >= 0.6 is 0 Å². The molecule has 0 spiro atoms. The molecule has 254 valence electrons. The predicted molar refractivity (Wildman–Crippen MR) is 168 cm³/mol. The van der Waals surface area contributed by atoms with Gasteiger partial charge in [-0.15, -0.1) is 0 Å². The summed E-state index contributed by atoms with van der Waals surface area (Å²) in [5.41, 5.74) is 1.43. The molecule has 47 heavy (non-hydrogen) atoms. The minimum Gasteiger partial charge on any atom is -0.472 e. The van der Waals surface area contributed by atoms with Gasteiger partial charge in [-0.1, -0.05) is 13.8 Å². The van der Waals surface area contributed by atoms with E-state index >= 15 is 4.39 Å². The Kier molecular flexibility index (Phi) is 8.09. The Morgan fingerprint density at radius 1 is 1.11 bits per heavy atom. The summed E-state index contributed by atoms with van der Waals surface area (Å²) in [6, 6.07) is 1.22. The van der Waals surface area contributed by atoms with Gasteiger partial charge in [-0.25, -0.2) is 13.8 Å². The van der Waals surface area contributed by atoms with E-state index in [1.54, 1.807) is 0 Å². The molecule has 4 aliphatic heterocycles. The van der Waals surface area contributed by atoms with Crippen molar-refractivity contribution < 1.29 is 31.4 Å². The van der Waals surface area contributed by atoms with Crippen molar-refractivity contribution in [2.24, 2.45) is 5.92 Å². The first-order valence-electron chi connectivity index (χ1n) is 16.5. The van der Waals surface area contributed by atoms with E-state index in [2.05, 4.69) is 34.0 Å². The summed E-state index contributed by atoms with van der Waals surface area (Å²) in [5.74, 6) is -1.43. The van der Waals surface area contributed by atoms with Crippen molar-refractivity contribution in [3.05, 3.63) is 28.8 Å². The number of hydrogen-bond acceptors (Lipinski definition) is 9. The molecular formula is C33H40F5N7O2. The van der Waals surface area contributed by atoms with Crippen LogP contribution in [0.2, 0.25) is 0 Å². The molecule has 2 aromatic heterocycles. The van der Waals surface area contributed by atoms with Gasteiger partial charge in [-0.2, -0.15) is 23.1 Å². The normalized spacial score (nSPS) is 27.7. The molecule has 7 rings (SSSR count). The van der Waals surface area contributed by atoms with Crippen LogP contribution < -0.4 is 25.4 Å². The predicted octanol–water partition coefficient (Wildman–Crippen LogP) is 5.86. The van der Waals surface area contributed by atoms with Crippen LogP contribution in [0.4, 0.5) is 33.5 Å². The number of rotatable bonds is 5. The molecule has 3 saturated heterocycles. The van der Waals surface area contributed by atoms with Crippen molar-refractivity contribution in [3.63, 3.8) is 0 Å². The van der Waals surface area contributed by atoms with Gasteiger partial charge in [0, 0.05) is 36.8 Å². The molecule has 3 fully saturated rings. The highest BCUT2D eigenvalue weighted by Crippen LogP contribution is 2.46. The molecule has 0 aliphatic carbocycles. The number of pyridine rings is 1. The van der Waals surface area contributed by atoms with Crippen molar-refractivity contribution in [1.29, 1.82) is 0 Å². The highest BCUT2D eigenvalue weighted by molar-refractivity contribution is 5.97. The fourth-order valence-corrected chi connectivity index (χ4v) is 7.97. The number of nitrogen functional groups attached to an aromatic ring is 1. The third-order valence-electron chi connectivity index (χ3n) is 10.5. The SMILES string of the molecule is CC[C@@H]1CN2c3nc(OC[C@@H]4CC[C@@H]5C[C@H](C)CCN54)nc4c(F)c(-c5cc(N)c(F)c(C)c5C(F)(F)F)nc(c34)O[C@@H](C)[C@@H]2CN1. The molecule has 6 atom stereocenters. The van der Waals surface area contributed by atoms with E-state index in [-0.39, 0.29) is 40.9 Å². The number of aromatic nitrogens is 3. The van der Waals surface area contributed by atoms with Crippen molar-refractivity contribution in [2.45, 2.75) is 96.2 Å². The van der Waals surface area contributed by atoms with E-state index in [4.69, 9.17) is 20.2 Å². The summed E-state index contributed by atoms with van der Waals surface area (Å²) in [4.78, 5) is 18.1. The second kappa shape index (κ2) is 11.9. The Balaban J connectivity index is 1.38. The minimum atomic E-state index is -5.03. The second-order valence-electron chi connectivity index (χ2n) is 13.6. The van der Waals surface area contributed by atoms with Crippen LogP contribution in [0.5, 0.6) is 11.9 Å². The van der Waals surface area contributed by atoms with Gasteiger partial charge in [-0.3, -0.25) is 4.90 Å². The van der Waals surface area contributed by atoms with E-state index in [1.807, 2.05) is 11.8 Å². The zero-order valence-corrected chi connectivity index (χ0v) is 26.9. The van der Waals surface area contributed by atoms with Crippen molar-refractivity contribution in [3.8, 4) is 23.1 Å². The number of halogens is 5. The maximum Gasteiger partial charge on any atom is 0.417 e. The number of nitrogens with zero attached hydrogens (tertiary/aromatic N) is 5. The quantitative estimate of drug-likeness (QED) is 0.257. The number of piperidine rings is 1. The molecule has 3 aromatic rings. The van der Waals surface area contributed by atoms with Gasteiger partial charge < -0.3 is 25.4 Å². The lowest BCUT2D eigenvalue weighted by Crippen LogP contribution is -2.60. The van der Waals surface area contributed by atoms with Gasteiger partial charge in [-0.05, 0) is 70.0 Å². The van der Waals surface area contributed by atoms with Gasteiger partial charge in [0.25, 0.3) is 0 Å². The number of nitrogens with one attached hydrogen (secondary N) is 1. The first-order chi connectivity index (χ1) is 22.3. The lowest BCUT2D eigenvalue weighted by Gasteiger charge is -2.42. The number of fused-ring (bicyclic) bond motifs is 3. The van der Waals surface area contributed by atoms with Gasteiger partial charge in [0.1, 0.15) is 40.9 Å². The molecule has 4 aliphatic rings. The van der Waals surface area contributed by atoms with Crippen LogP contribution in [0.15, 0.2) is 6.07 Å². The number of ether oxygens (including phenoxy) is 2. The average molecular weight is 662 g/mol. The summed E-state index contributed by atoms with van der Waals surface area (Å²) in [6.45, 7) is 9.47. The van der Waals surface area contributed by atoms with Crippen LogP contribution in [0.25, 0.3) is 22.2 Å². The largest absolute Gasteiger partial charge is 0.472 e. The van der Waals surface area contributed by atoms with Crippen LogP contribution in [0, 0.1) is 24.5 Å². The summed E-state index contributed by atoms with van der Waals surface area (Å²) >= 11 is 0. The Morgan fingerprint density at radius 2 is 1.89 bits per heavy atom. The third-order valence-corrected chi connectivity index (χ3v) is 10.5. The molecule has 0 amide bonds. The van der Waals surface area contributed by atoms with Crippen LogP contribution in [0.3, 0.4) is 0 Å². The van der Waals surface area contributed by atoms with Gasteiger partial charge in [0.2, 0.25) is 5.88 Å². The smallest absolute Gasteiger partial charge is 0.417 e. The Bertz CT molecular complexity index is 1700. The van der Waals surface area contributed by atoms with E-state index in [0.717, 1.165) is 51.6 Å². The topological polar surface area (TPSA) is 102 Å². The molecule has 0 saturated carbocycles. The number of nitrogens with two attached hydrogens (primary N) is 1. The highest BCUT2D eigenvalue weighted by Gasteiger charge is 2.42. The lowest BCUT2D eigenvalue weighted by atomic mass is 9.93. The zero-order chi connectivity index (χ0) is 33.4. The lowest BCUT2D eigenvalue weighted by molar-refractivity contribution is -0.137. The fourth-order valence-electron chi connectivity index (χ4n) is 7.97. The maximum absolute atomic E-state index is 16.8. The molecule has 0 unspecified atom stereocenters. The van der Waals surface area contributed by atoms with Crippen LogP contribution in [0.1, 0.15) is 64.0 Å². The first-order valence-corrected chi connectivity index (χ1v) is 16.5. The molecule has 1 aromatic carbocycles. The van der Waals surface area contributed by atoms with Gasteiger partial charge >= 0.3 is 12.2 Å². The van der Waals surface area contributed by atoms with Gasteiger partial charge in [0.05, 0.1) is 17.3 Å². The Labute approximate surface area is 270 Å². The van der Waals surface area contributed by atoms with Crippen LogP contribution in [-0.4, -0.2) is 76.4 Å². The number of benzene rings is 1. The van der Waals surface area contributed by atoms with Crippen LogP contribution in [-0.2, 0) is 6.18 Å². The summed E-state index contributed by atoms with van der Waals surface area (Å²) in [7, 11) is 0. The highest BCUT2D eigenvalue weighted by atomic mass is 19.4. The van der Waals surface area contributed by atoms with E-state index in [9.17, 15) is 17.6 Å². The number of piperazine rings is 1. The monoisotopic (exact) mass is 661 g/mol. The maximum atomic E-state index is 16.8. The summed E-state index contributed by atoms with van der Waals surface area (Å²) < 4.78 is 87.2. The third kappa shape index (κ3) is 5.50. The van der Waals surface area contributed by atoms with Crippen molar-refractivity contribution in [2.75, 3.05) is 36.9 Å². The van der Waals surface area contributed by atoms with E-state index < -0.39 is 52.0 Å². The summed E-state index contributed by atoms with van der Waals surface area (Å²) in [5, 5.41) is 3.66. The van der Waals surface area contributed by atoms with Crippen molar-refractivity contribution in [1.82, 2.24) is 25.2 Å². The van der Waals surface area contributed by atoms with Gasteiger partial charge in [0.15, 0.2) is 5.82 Å². The molecule has 0 bridgehead atoms. The standard InChI is InChI=1S/C33H40F5N7O2/c1-5-18-13-45-23(12-40-18)17(4)47-31-24-29(27(35)28(41-31)21-11-22(39)26(34)16(3)25(21)33(36,37)38)42-32(43-30(24)45)46-14-20-7-6-19-10-15(2)8-9-44(19)20/h11,15,17-20,23,40H,5-10,12-14,39H2,1-4H3/t15-,17+,18-,19-,20+,23+/m1/s1. The summed E-state index contributed by atoms with van der Waals surface area (Å²) in [6.07, 6.45) is -0.416. The fraction of sp³-hybridized carbons (Fsp3) is 0.606. The zero-order valence-electron chi connectivity index (χ0n) is 26.9.